The van der Waals surface area contributed by atoms with Crippen LogP contribution < -0.4 is 4.90 Å². The molecule has 0 N–H and O–H groups in total. The van der Waals surface area contributed by atoms with E-state index in [9.17, 15) is 9.18 Å². The van der Waals surface area contributed by atoms with E-state index in [1.54, 1.807) is 6.20 Å². The van der Waals surface area contributed by atoms with Crippen molar-refractivity contribution in [3.8, 4) is 0 Å². The maximum absolute atomic E-state index is 14.2. The number of hydrogen-bond acceptors (Lipinski definition) is 4. The van der Waals surface area contributed by atoms with Crippen LogP contribution >= 0.6 is 0 Å². The molecule has 2 fully saturated rings. The molecule has 4 rings (SSSR count). The number of aromatic nitrogens is 1. The lowest BCUT2D eigenvalue weighted by Gasteiger charge is -2.42. The first-order valence-electron chi connectivity index (χ1n) is 11.1. The molecule has 0 bridgehead atoms. The fourth-order valence-corrected chi connectivity index (χ4v) is 5.06. The van der Waals surface area contributed by atoms with Crippen LogP contribution in [-0.2, 0) is 4.79 Å². The number of fused-ring (bicyclic) bond motifs is 1. The summed E-state index contributed by atoms with van der Waals surface area (Å²) in [6.07, 6.45) is 5.50. The predicted molar refractivity (Wildman–Crippen MR) is 119 cm³/mol. The number of benzene rings is 1. The van der Waals surface area contributed by atoms with E-state index in [4.69, 9.17) is 0 Å². The highest BCUT2D eigenvalue weighted by atomic mass is 19.1. The Balaban J connectivity index is 1.48. The lowest BCUT2D eigenvalue weighted by molar-refractivity contribution is -0.133. The Bertz CT molecular complexity index is 896. The van der Waals surface area contributed by atoms with Crippen LogP contribution in [0.25, 0.3) is 10.9 Å². The van der Waals surface area contributed by atoms with Crippen molar-refractivity contribution >= 4 is 22.5 Å². The molecule has 0 saturated carbocycles. The van der Waals surface area contributed by atoms with Crippen LogP contribution in [0.2, 0.25) is 0 Å². The monoisotopic (exact) mass is 412 g/mol. The second kappa shape index (κ2) is 8.88. The standard InChI is InChI=1S/C24H33FN4O/c1-17-13-19(28(3)23(30)14-18-8-11-27(2)12-9-18)16-29(15-17)22-7-6-21(25)24-20(22)5-4-10-26-24/h4-7,10,17-19H,8-9,11-16H2,1-3H3/t17-,19+/m0/s1. The van der Waals surface area contributed by atoms with Crippen molar-refractivity contribution in [3.63, 3.8) is 0 Å². The highest BCUT2D eigenvalue weighted by molar-refractivity contribution is 5.92. The molecule has 2 atom stereocenters. The zero-order valence-corrected chi connectivity index (χ0v) is 18.4. The van der Waals surface area contributed by atoms with Gasteiger partial charge in [-0.25, -0.2) is 4.39 Å². The van der Waals surface area contributed by atoms with E-state index in [2.05, 4.69) is 28.8 Å². The van der Waals surface area contributed by atoms with Gasteiger partial charge in [-0.15, -0.1) is 0 Å². The van der Waals surface area contributed by atoms with Crippen molar-refractivity contribution in [2.45, 2.75) is 38.6 Å². The number of halogens is 1. The Morgan fingerprint density at radius 1 is 1.23 bits per heavy atom. The molecule has 5 nitrogen and oxygen atoms in total. The van der Waals surface area contributed by atoms with Gasteiger partial charge in [0, 0.05) is 49.9 Å². The van der Waals surface area contributed by atoms with Crippen molar-refractivity contribution in [2.75, 3.05) is 45.2 Å². The molecule has 0 spiro atoms. The summed E-state index contributed by atoms with van der Waals surface area (Å²) >= 11 is 0. The third-order valence-corrected chi connectivity index (χ3v) is 6.92. The molecule has 2 aromatic rings. The SMILES string of the molecule is C[C@H]1C[C@@H](N(C)C(=O)CC2CCN(C)CC2)CN(c2ccc(F)c3ncccc23)C1. The normalized spacial score (nSPS) is 23.7. The van der Waals surface area contributed by atoms with Crippen LogP contribution in [-0.4, -0.2) is 67.0 Å². The van der Waals surface area contributed by atoms with Gasteiger partial charge in [-0.3, -0.25) is 9.78 Å². The van der Waals surface area contributed by atoms with E-state index < -0.39 is 0 Å². The highest BCUT2D eigenvalue weighted by Gasteiger charge is 2.31. The largest absolute Gasteiger partial charge is 0.369 e. The molecule has 2 aliphatic rings. The summed E-state index contributed by atoms with van der Waals surface area (Å²) in [4.78, 5) is 23.9. The number of amides is 1. The molecule has 30 heavy (non-hydrogen) atoms. The molecular formula is C24H33FN4O. The predicted octanol–water partition coefficient (Wildman–Crippen LogP) is 3.78. The quantitative estimate of drug-likeness (QED) is 0.766. The molecule has 1 aromatic carbocycles. The van der Waals surface area contributed by atoms with E-state index in [1.165, 1.54) is 6.07 Å². The van der Waals surface area contributed by atoms with Crippen LogP contribution in [0.4, 0.5) is 10.1 Å². The molecular weight excluding hydrogens is 379 g/mol. The average molecular weight is 413 g/mol. The zero-order valence-electron chi connectivity index (χ0n) is 18.4. The van der Waals surface area contributed by atoms with Crippen molar-refractivity contribution in [3.05, 3.63) is 36.3 Å². The zero-order chi connectivity index (χ0) is 21.3. The lowest BCUT2D eigenvalue weighted by atomic mass is 9.91. The first-order valence-corrected chi connectivity index (χ1v) is 11.1. The van der Waals surface area contributed by atoms with Crippen LogP contribution in [0.5, 0.6) is 0 Å². The molecule has 162 valence electrons. The highest BCUT2D eigenvalue weighted by Crippen LogP contribution is 2.32. The molecule has 2 aliphatic heterocycles. The summed E-state index contributed by atoms with van der Waals surface area (Å²) < 4.78 is 14.2. The van der Waals surface area contributed by atoms with Crippen LogP contribution in [0, 0.1) is 17.7 Å². The molecule has 3 heterocycles. The number of rotatable bonds is 4. The van der Waals surface area contributed by atoms with Gasteiger partial charge < -0.3 is 14.7 Å². The number of hydrogen-bond donors (Lipinski definition) is 0. The van der Waals surface area contributed by atoms with Gasteiger partial charge in [0.25, 0.3) is 0 Å². The Morgan fingerprint density at radius 2 is 2.00 bits per heavy atom. The molecule has 1 aromatic heterocycles. The van der Waals surface area contributed by atoms with Crippen molar-refractivity contribution in [2.24, 2.45) is 11.8 Å². The molecule has 2 saturated heterocycles. The van der Waals surface area contributed by atoms with Gasteiger partial charge in [0.05, 0.1) is 0 Å². The smallest absolute Gasteiger partial charge is 0.222 e. The number of piperidine rings is 2. The summed E-state index contributed by atoms with van der Waals surface area (Å²) in [5.74, 6) is 0.926. The lowest BCUT2D eigenvalue weighted by Crippen LogP contribution is -2.51. The van der Waals surface area contributed by atoms with E-state index in [0.717, 1.165) is 56.5 Å². The van der Waals surface area contributed by atoms with Gasteiger partial charge in [0.2, 0.25) is 5.91 Å². The van der Waals surface area contributed by atoms with Crippen LogP contribution in [0.1, 0.15) is 32.6 Å². The second-order valence-corrected chi connectivity index (χ2v) is 9.32. The first-order chi connectivity index (χ1) is 14.4. The molecule has 0 unspecified atom stereocenters. The summed E-state index contributed by atoms with van der Waals surface area (Å²) in [5, 5.41) is 0.839. The van der Waals surface area contributed by atoms with Crippen LogP contribution in [0.3, 0.4) is 0 Å². The molecule has 6 heteroatoms. The molecule has 0 aliphatic carbocycles. The van der Waals surface area contributed by atoms with E-state index in [-0.39, 0.29) is 17.8 Å². The minimum Gasteiger partial charge on any atom is -0.369 e. The molecule has 0 radical (unpaired) electrons. The van der Waals surface area contributed by atoms with Crippen molar-refractivity contribution in [1.82, 2.24) is 14.8 Å². The fourth-order valence-electron chi connectivity index (χ4n) is 5.06. The summed E-state index contributed by atoms with van der Waals surface area (Å²) in [6, 6.07) is 7.32. The third kappa shape index (κ3) is 4.43. The van der Waals surface area contributed by atoms with Crippen LogP contribution in [0.15, 0.2) is 30.5 Å². The molecule has 1 amide bonds. The first kappa shape index (κ1) is 21.0. The maximum atomic E-state index is 14.2. The van der Waals surface area contributed by atoms with Gasteiger partial charge in [0.1, 0.15) is 11.3 Å². The Morgan fingerprint density at radius 3 is 2.77 bits per heavy atom. The number of likely N-dealkylation sites (tertiary alicyclic amines) is 1. The van der Waals surface area contributed by atoms with E-state index >= 15 is 0 Å². The Labute approximate surface area is 178 Å². The number of nitrogens with zero attached hydrogens (tertiary/aromatic N) is 4. The number of carbonyl (C=O) groups excluding carboxylic acids is 1. The number of carbonyl (C=O) groups is 1. The Hall–Kier alpha value is -2.21. The van der Waals surface area contributed by atoms with Crippen molar-refractivity contribution in [1.29, 1.82) is 0 Å². The summed E-state index contributed by atoms with van der Waals surface area (Å²) in [5.41, 5.74) is 1.42. The van der Waals surface area contributed by atoms with E-state index in [0.29, 0.717) is 23.8 Å². The summed E-state index contributed by atoms with van der Waals surface area (Å²) in [7, 11) is 4.11. The average Bonchev–Trinajstić information content (AvgIpc) is 2.75. The van der Waals surface area contributed by atoms with Gasteiger partial charge >= 0.3 is 0 Å². The maximum Gasteiger partial charge on any atom is 0.222 e. The number of anilines is 1. The fraction of sp³-hybridized carbons (Fsp3) is 0.583. The van der Waals surface area contributed by atoms with Gasteiger partial charge in [0.15, 0.2) is 0 Å². The van der Waals surface area contributed by atoms with Gasteiger partial charge in [-0.05, 0) is 75.5 Å². The second-order valence-electron chi connectivity index (χ2n) is 9.32. The third-order valence-electron chi connectivity index (χ3n) is 6.92. The van der Waals surface area contributed by atoms with Crippen molar-refractivity contribution < 1.29 is 9.18 Å². The van der Waals surface area contributed by atoms with Gasteiger partial charge in [-0.2, -0.15) is 0 Å². The Kier molecular flexibility index (Phi) is 6.23. The topological polar surface area (TPSA) is 39.7 Å². The number of likely N-dealkylation sites (N-methyl/N-ethyl adjacent to an activating group) is 1. The van der Waals surface area contributed by atoms with E-state index in [1.807, 2.05) is 30.1 Å². The minimum atomic E-state index is -0.290. The minimum absolute atomic E-state index is 0.171. The summed E-state index contributed by atoms with van der Waals surface area (Å²) in [6.45, 7) is 6.08. The van der Waals surface area contributed by atoms with Gasteiger partial charge in [-0.1, -0.05) is 6.92 Å². The number of pyridine rings is 1.